The topological polar surface area (TPSA) is 32.3 Å². The third kappa shape index (κ3) is 7.16. The van der Waals surface area contributed by atoms with Gasteiger partial charge in [-0.3, -0.25) is 4.79 Å². The van der Waals surface area contributed by atoms with Crippen molar-refractivity contribution in [2.24, 2.45) is 5.92 Å². The quantitative estimate of drug-likeness (QED) is 0.585. The number of hydrogen-bond donors (Lipinski definition) is 1. The van der Waals surface area contributed by atoms with E-state index in [0.29, 0.717) is 5.92 Å². The van der Waals surface area contributed by atoms with E-state index < -0.39 is 0 Å². The number of hydrogen-bond acceptors (Lipinski definition) is 2. The van der Waals surface area contributed by atoms with E-state index in [1.54, 1.807) is 4.90 Å². The fourth-order valence-electron chi connectivity index (χ4n) is 2.79. The average molecular weight is 343 g/mol. The summed E-state index contributed by atoms with van der Waals surface area (Å²) in [5.41, 5.74) is 6.52. The largest absolute Gasteiger partial charge is 0.392 e. The van der Waals surface area contributed by atoms with Crippen molar-refractivity contribution < 1.29 is 4.79 Å². The van der Waals surface area contributed by atoms with Gasteiger partial charge in [-0.1, -0.05) is 55.7 Å². The van der Waals surface area contributed by atoms with Crippen LogP contribution in [0.1, 0.15) is 57.2 Å². The molecular formula is C22H34N2O. The molecule has 0 radical (unpaired) electrons. The highest BCUT2D eigenvalue weighted by Gasteiger charge is 2.16. The van der Waals surface area contributed by atoms with Crippen LogP contribution in [0.3, 0.4) is 0 Å². The smallest absolute Gasteiger partial charge is 0.210 e. The third-order valence-corrected chi connectivity index (χ3v) is 4.75. The van der Waals surface area contributed by atoms with Crippen LogP contribution in [-0.2, 0) is 17.9 Å². The lowest BCUT2D eigenvalue weighted by molar-refractivity contribution is -0.118. The molecule has 1 heterocycles. The summed E-state index contributed by atoms with van der Waals surface area (Å²) in [7, 11) is 1.95. The highest BCUT2D eigenvalue weighted by molar-refractivity contribution is 5.51. The van der Waals surface area contributed by atoms with E-state index in [1.807, 2.05) is 7.05 Å². The van der Waals surface area contributed by atoms with Crippen molar-refractivity contribution >= 4 is 6.41 Å². The zero-order valence-corrected chi connectivity index (χ0v) is 16.7. The molecular weight excluding hydrogens is 308 g/mol. The van der Waals surface area contributed by atoms with Crippen LogP contribution in [0.5, 0.6) is 0 Å². The molecule has 1 unspecified atom stereocenters. The summed E-state index contributed by atoms with van der Waals surface area (Å²) in [6, 6.07) is 6.35. The maximum Gasteiger partial charge on any atom is 0.210 e. The standard InChI is InChI=1S/C12H23N.C10H11NO/c1-6-7-10(2)11(3)8-9-12(4)13-5;1-8-2-3-9-5-11(7-12)6-10(9)4-8/h8-10,13H,6-7H2,1-5H3;2-4,7H,5-6H2,1H3/b11-8+,12-9+;. The number of nitrogens with zero attached hydrogens (tertiary/aromatic N) is 1. The number of benzene rings is 1. The van der Waals surface area contributed by atoms with Crippen molar-refractivity contribution in [3.63, 3.8) is 0 Å². The minimum absolute atomic E-state index is 0.714. The lowest BCUT2D eigenvalue weighted by Crippen LogP contribution is -2.12. The van der Waals surface area contributed by atoms with Crippen molar-refractivity contribution in [2.75, 3.05) is 7.05 Å². The van der Waals surface area contributed by atoms with Crippen LogP contribution in [0, 0.1) is 12.8 Å². The summed E-state index contributed by atoms with van der Waals surface area (Å²) in [5.74, 6) is 0.714. The molecule has 1 N–H and O–H groups in total. The molecule has 0 fully saturated rings. The first-order valence-electron chi connectivity index (χ1n) is 9.21. The zero-order chi connectivity index (χ0) is 18.8. The van der Waals surface area contributed by atoms with Gasteiger partial charge in [-0.25, -0.2) is 0 Å². The number of fused-ring (bicyclic) bond motifs is 1. The van der Waals surface area contributed by atoms with Gasteiger partial charge in [-0.05, 0) is 50.3 Å². The van der Waals surface area contributed by atoms with Crippen molar-refractivity contribution in [1.29, 1.82) is 0 Å². The monoisotopic (exact) mass is 342 g/mol. The van der Waals surface area contributed by atoms with Crippen LogP contribution >= 0.6 is 0 Å². The van der Waals surface area contributed by atoms with Gasteiger partial charge in [-0.15, -0.1) is 0 Å². The molecule has 1 aliphatic rings. The molecule has 1 atom stereocenters. The summed E-state index contributed by atoms with van der Waals surface area (Å²) in [6.07, 6.45) is 7.82. The van der Waals surface area contributed by atoms with Crippen LogP contribution in [0.2, 0.25) is 0 Å². The molecule has 0 saturated carbocycles. The third-order valence-electron chi connectivity index (χ3n) is 4.75. The molecule has 0 saturated heterocycles. The van der Waals surface area contributed by atoms with E-state index in [1.165, 1.54) is 40.8 Å². The van der Waals surface area contributed by atoms with Gasteiger partial charge in [0.25, 0.3) is 0 Å². The molecule has 138 valence electrons. The normalized spacial score (nSPS) is 15.2. The van der Waals surface area contributed by atoms with Gasteiger partial charge in [0.05, 0.1) is 0 Å². The van der Waals surface area contributed by atoms with Crippen LogP contribution in [0.15, 0.2) is 41.6 Å². The minimum atomic E-state index is 0.714. The van der Waals surface area contributed by atoms with Crippen molar-refractivity contribution in [3.05, 3.63) is 58.3 Å². The van der Waals surface area contributed by atoms with Crippen LogP contribution in [0.25, 0.3) is 0 Å². The molecule has 1 aromatic rings. The Hall–Kier alpha value is -2.03. The summed E-state index contributed by atoms with van der Waals surface area (Å²) in [4.78, 5) is 12.3. The molecule has 2 rings (SSSR count). The maximum absolute atomic E-state index is 10.5. The zero-order valence-electron chi connectivity index (χ0n) is 16.7. The van der Waals surface area contributed by atoms with Crippen molar-refractivity contribution in [1.82, 2.24) is 10.2 Å². The molecule has 3 nitrogen and oxygen atoms in total. The number of carbonyl (C=O) groups is 1. The second-order valence-corrected chi connectivity index (χ2v) is 6.98. The Morgan fingerprint density at radius 1 is 1.24 bits per heavy atom. The second-order valence-electron chi connectivity index (χ2n) is 6.98. The Bertz CT molecular complexity index is 616. The number of rotatable bonds is 6. The van der Waals surface area contributed by atoms with Gasteiger partial charge in [0.15, 0.2) is 0 Å². The van der Waals surface area contributed by atoms with E-state index in [4.69, 9.17) is 0 Å². The molecule has 0 bridgehead atoms. The van der Waals surface area contributed by atoms with Crippen LogP contribution in [0.4, 0.5) is 0 Å². The number of allylic oxidation sites excluding steroid dienone is 4. The summed E-state index contributed by atoms with van der Waals surface area (Å²) >= 11 is 0. The first-order chi connectivity index (χ1) is 11.9. The Kier molecular flexibility index (Phi) is 9.04. The molecule has 1 aliphatic heterocycles. The van der Waals surface area contributed by atoms with E-state index >= 15 is 0 Å². The first-order valence-corrected chi connectivity index (χ1v) is 9.21. The van der Waals surface area contributed by atoms with E-state index in [9.17, 15) is 4.79 Å². The van der Waals surface area contributed by atoms with E-state index in [2.05, 4.69) is 70.3 Å². The number of amides is 1. The number of aryl methyl sites for hydroxylation is 1. The first kappa shape index (κ1) is 21.0. The summed E-state index contributed by atoms with van der Waals surface area (Å²) in [5, 5.41) is 3.11. The maximum atomic E-state index is 10.5. The Morgan fingerprint density at radius 2 is 1.92 bits per heavy atom. The van der Waals surface area contributed by atoms with E-state index in [-0.39, 0.29) is 0 Å². The second kappa shape index (κ2) is 10.8. The van der Waals surface area contributed by atoms with Gasteiger partial charge in [0, 0.05) is 25.8 Å². The highest BCUT2D eigenvalue weighted by Crippen LogP contribution is 2.22. The minimum Gasteiger partial charge on any atom is -0.392 e. The van der Waals surface area contributed by atoms with Gasteiger partial charge < -0.3 is 10.2 Å². The van der Waals surface area contributed by atoms with Crippen LogP contribution < -0.4 is 5.32 Å². The van der Waals surface area contributed by atoms with Crippen molar-refractivity contribution in [3.8, 4) is 0 Å². The summed E-state index contributed by atoms with van der Waals surface area (Å²) < 4.78 is 0. The molecule has 0 spiro atoms. The Morgan fingerprint density at radius 3 is 2.52 bits per heavy atom. The fraction of sp³-hybridized carbons (Fsp3) is 0.500. The lowest BCUT2D eigenvalue weighted by Gasteiger charge is -2.09. The summed E-state index contributed by atoms with van der Waals surface area (Å²) in [6.45, 7) is 12.4. The number of nitrogens with one attached hydrogen (secondary N) is 1. The lowest BCUT2D eigenvalue weighted by atomic mass is 9.97. The van der Waals surface area contributed by atoms with Gasteiger partial charge >= 0.3 is 0 Å². The molecule has 3 heteroatoms. The molecule has 0 aromatic heterocycles. The molecule has 0 aliphatic carbocycles. The van der Waals surface area contributed by atoms with Crippen LogP contribution in [-0.4, -0.2) is 18.4 Å². The van der Waals surface area contributed by atoms with Gasteiger partial charge in [0.1, 0.15) is 0 Å². The predicted molar refractivity (Wildman–Crippen MR) is 107 cm³/mol. The highest BCUT2D eigenvalue weighted by atomic mass is 16.1. The Balaban J connectivity index is 0.000000250. The van der Waals surface area contributed by atoms with Gasteiger partial charge in [-0.2, -0.15) is 0 Å². The van der Waals surface area contributed by atoms with Crippen molar-refractivity contribution in [2.45, 2.75) is 60.5 Å². The number of carbonyl (C=O) groups excluding carboxylic acids is 1. The average Bonchev–Trinajstić information content (AvgIpc) is 3.02. The predicted octanol–water partition coefficient (Wildman–Crippen LogP) is 4.96. The molecule has 1 aromatic carbocycles. The van der Waals surface area contributed by atoms with Gasteiger partial charge in [0.2, 0.25) is 6.41 Å². The molecule has 25 heavy (non-hydrogen) atoms. The SMILES string of the molecule is CCCC(C)/C(C)=C/C=C(\C)NC.Cc1ccc2c(c1)CN(C=O)C2. The molecule has 1 amide bonds. The van der Waals surface area contributed by atoms with E-state index in [0.717, 1.165) is 19.5 Å². The Labute approximate surface area is 153 Å². The fourth-order valence-corrected chi connectivity index (χ4v) is 2.79.